The Morgan fingerprint density at radius 3 is 2.75 bits per heavy atom. The van der Waals surface area contributed by atoms with E-state index in [-0.39, 0.29) is 0 Å². The summed E-state index contributed by atoms with van der Waals surface area (Å²) in [6.07, 6.45) is 0. The second-order valence-corrected chi connectivity index (χ2v) is 6.05. The van der Waals surface area contributed by atoms with Crippen LogP contribution in [0.15, 0.2) is 59.5 Å². The lowest BCUT2D eigenvalue weighted by Crippen LogP contribution is -2.31. The molecule has 104 valence electrons. The van der Waals surface area contributed by atoms with E-state index in [1.54, 1.807) is 0 Å². The number of ether oxygens (including phenoxy) is 1. The predicted octanol–water partition coefficient (Wildman–Crippen LogP) is 3.64. The summed E-state index contributed by atoms with van der Waals surface area (Å²) in [6, 6.07) is 19.4. The lowest BCUT2D eigenvalue weighted by Gasteiger charge is -2.26. The number of nitrogens with one attached hydrogen (secondary N) is 1. The Morgan fingerprint density at radius 2 is 1.85 bits per heavy atom. The first-order valence-corrected chi connectivity index (χ1v) is 7.99. The van der Waals surface area contributed by atoms with Gasteiger partial charge in [-0.2, -0.15) is 0 Å². The monoisotopic (exact) mass is 285 g/mol. The summed E-state index contributed by atoms with van der Waals surface area (Å²) >= 11 is 1.89. The molecule has 1 heterocycles. The van der Waals surface area contributed by atoms with Crippen molar-refractivity contribution in [2.75, 3.05) is 18.9 Å². The SMILES string of the molecule is c1ccc(SCCNC2COCc3ccccc32)cc1. The van der Waals surface area contributed by atoms with Crippen molar-refractivity contribution in [2.24, 2.45) is 0 Å². The molecule has 1 atom stereocenters. The Bertz CT molecular complexity index is 544. The van der Waals surface area contributed by atoms with Crippen molar-refractivity contribution in [1.82, 2.24) is 5.32 Å². The molecule has 0 bridgehead atoms. The maximum absolute atomic E-state index is 5.65. The Morgan fingerprint density at radius 1 is 1.05 bits per heavy atom. The Balaban J connectivity index is 1.50. The van der Waals surface area contributed by atoms with Gasteiger partial charge in [0.2, 0.25) is 0 Å². The standard InChI is InChI=1S/C17H19NOS/c1-2-7-15(8-3-1)20-11-10-18-17-13-19-12-14-6-4-5-9-16(14)17/h1-9,17-18H,10-13H2. The summed E-state index contributed by atoms with van der Waals surface area (Å²) in [4.78, 5) is 1.33. The first kappa shape index (κ1) is 13.7. The highest BCUT2D eigenvalue weighted by molar-refractivity contribution is 7.99. The Hall–Kier alpha value is -1.29. The average molecular weight is 285 g/mol. The molecule has 2 aromatic rings. The van der Waals surface area contributed by atoms with Crippen LogP contribution in [0.4, 0.5) is 0 Å². The number of fused-ring (bicyclic) bond motifs is 1. The van der Waals surface area contributed by atoms with Crippen LogP contribution >= 0.6 is 11.8 Å². The first-order chi connectivity index (χ1) is 9.93. The van der Waals surface area contributed by atoms with Crippen molar-refractivity contribution >= 4 is 11.8 Å². The third-order valence-electron chi connectivity index (χ3n) is 3.48. The van der Waals surface area contributed by atoms with Crippen LogP contribution in [0.3, 0.4) is 0 Å². The third kappa shape index (κ3) is 3.42. The minimum absolute atomic E-state index is 0.330. The Kier molecular flexibility index (Phi) is 4.74. The summed E-state index contributed by atoms with van der Waals surface area (Å²) < 4.78 is 5.65. The normalized spacial score (nSPS) is 17.7. The van der Waals surface area contributed by atoms with E-state index in [4.69, 9.17) is 4.74 Å². The van der Waals surface area contributed by atoms with Crippen molar-refractivity contribution in [3.8, 4) is 0 Å². The lowest BCUT2D eigenvalue weighted by atomic mass is 9.99. The highest BCUT2D eigenvalue weighted by atomic mass is 32.2. The van der Waals surface area contributed by atoms with Crippen LogP contribution < -0.4 is 5.32 Å². The molecule has 3 rings (SSSR count). The fourth-order valence-electron chi connectivity index (χ4n) is 2.47. The molecule has 0 aliphatic carbocycles. The molecule has 0 aromatic heterocycles. The molecule has 0 saturated carbocycles. The molecule has 0 amide bonds. The van der Waals surface area contributed by atoms with E-state index in [1.165, 1.54) is 16.0 Å². The molecule has 0 spiro atoms. The van der Waals surface area contributed by atoms with Gasteiger partial charge >= 0.3 is 0 Å². The van der Waals surface area contributed by atoms with E-state index < -0.39 is 0 Å². The van der Waals surface area contributed by atoms with Crippen LogP contribution in [0.5, 0.6) is 0 Å². The van der Waals surface area contributed by atoms with Crippen molar-refractivity contribution < 1.29 is 4.74 Å². The molecule has 0 saturated heterocycles. The van der Waals surface area contributed by atoms with Gasteiger partial charge < -0.3 is 10.1 Å². The van der Waals surface area contributed by atoms with Gasteiger partial charge in [0.15, 0.2) is 0 Å². The molecule has 20 heavy (non-hydrogen) atoms. The van der Waals surface area contributed by atoms with Gasteiger partial charge in [0, 0.05) is 17.2 Å². The van der Waals surface area contributed by atoms with Gasteiger partial charge in [0.25, 0.3) is 0 Å². The van der Waals surface area contributed by atoms with Crippen molar-refractivity contribution in [3.63, 3.8) is 0 Å². The minimum atomic E-state index is 0.330. The number of thioether (sulfide) groups is 1. The van der Waals surface area contributed by atoms with E-state index in [2.05, 4.69) is 59.9 Å². The summed E-state index contributed by atoms with van der Waals surface area (Å²) in [7, 11) is 0. The van der Waals surface area contributed by atoms with Gasteiger partial charge in [0.05, 0.1) is 19.3 Å². The second-order valence-electron chi connectivity index (χ2n) is 4.88. The van der Waals surface area contributed by atoms with Crippen LogP contribution in [0.2, 0.25) is 0 Å². The fraction of sp³-hybridized carbons (Fsp3) is 0.294. The molecule has 1 aliphatic rings. The third-order valence-corrected chi connectivity index (χ3v) is 4.49. The Labute approximate surface area is 124 Å². The zero-order valence-corrected chi connectivity index (χ0v) is 12.2. The molecule has 3 heteroatoms. The molecule has 2 aromatic carbocycles. The molecule has 2 nitrogen and oxygen atoms in total. The lowest BCUT2D eigenvalue weighted by molar-refractivity contribution is 0.0828. The number of benzene rings is 2. The van der Waals surface area contributed by atoms with Gasteiger partial charge in [0.1, 0.15) is 0 Å². The number of hydrogen-bond donors (Lipinski definition) is 1. The number of rotatable bonds is 5. The minimum Gasteiger partial charge on any atom is -0.375 e. The van der Waals surface area contributed by atoms with E-state index in [0.29, 0.717) is 6.04 Å². The van der Waals surface area contributed by atoms with Gasteiger partial charge in [-0.15, -0.1) is 11.8 Å². The van der Waals surface area contributed by atoms with Crippen LogP contribution in [-0.4, -0.2) is 18.9 Å². The molecule has 1 N–H and O–H groups in total. The van der Waals surface area contributed by atoms with E-state index in [0.717, 1.165) is 25.5 Å². The van der Waals surface area contributed by atoms with E-state index >= 15 is 0 Å². The molecule has 0 radical (unpaired) electrons. The average Bonchev–Trinajstić information content (AvgIpc) is 2.53. The topological polar surface area (TPSA) is 21.3 Å². The quantitative estimate of drug-likeness (QED) is 0.669. The van der Waals surface area contributed by atoms with Gasteiger partial charge in [-0.1, -0.05) is 42.5 Å². The van der Waals surface area contributed by atoms with E-state index in [9.17, 15) is 0 Å². The zero-order valence-electron chi connectivity index (χ0n) is 11.4. The maximum Gasteiger partial charge on any atom is 0.0721 e. The fourth-order valence-corrected chi connectivity index (χ4v) is 3.27. The molecular formula is C17H19NOS. The molecular weight excluding hydrogens is 266 g/mol. The largest absolute Gasteiger partial charge is 0.375 e. The predicted molar refractivity (Wildman–Crippen MR) is 84.0 cm³/mol. The summed E-state index contributed by atoms with van der Waals surface area (Å²) in [5, 5.41) is 3.60. The van der Waals surface area contributed by atoms with Crippen LogP contribution in [0.1, 0.15) is 17.2 Å². The first-order valence-electron chi connectivity index (χ1n) is 7.00. The highest BCUT2D eigenvalue weighted by Crippen LogP contribution is 2.24. The second kappa shape index (κ2) is 6.93. The molecule has 1 aliphatic heterocycles. The molecule has 0 fully saturated rings. The highest BCUT2D eigenvalue weighted by Gasteiger charge is 2.19. The van der Waals surface area contributed by atoms with Crippen LogP contribution in [-0.2, 0) is 11.3 Å². The smallest absolute Gasteiger partial charge is 0.0721 e. The van der Waals surface area contributed by atoms with Gasteiger partial charge in [-0.05, 0) is 23.3 Å². The zero-order chi connectivity index (χ0) is 13.6. The van der Waals surface area contributed by atoms with Gasteiger partial charge in [-0.25, -0.2) is 0 Å². The summed E-state index contributed by atoms with van der Waals surface area (Å²) in [6.45, 7) is 2.50. The maximum atomic E-state index is 5.65. The van der Waals surface area contributed by atoms with E-state index in [1.807, 2.05) is 11.8 Å². The van der Waals surface area contributed by atoms with Crippen LogP contribution in [0.25, 0.3) is 0 Å². The van der Waals surface area contributed by atoms with Gasteiger partial charge in [-0.3, -0.25) is 0 Å². The summed E-state index contributed by atoms with van der Waals surface area (Å²) in [5.74, 6) is 1.07. The molecule has 1 unspecified atom stereocenters. The van der Waals surface area contributed by atoms with Crippen LogP contribution in [0, 0.1) is 0 Å². The summed E-state index contributed by atoms with van der Waals surface area (Å²) in [5.41, 5.74) is 2.70. The number of hydrogen-bond acceptors (Lipinski definition) is 3. The van der Waals surface area contributed by atoms with Crippen molar-refractivity contribution in [3.05, 3.63) is 65.7 Å². The van der Waals surface area contributed by atoms with Crippen molar-refractivity contribution in [2.45, 2.75) is 17.5 Å². The van der Waals surface area contributed by atoms with Crippen molar-refractivity contribution in [1.29, 1.82) is 0 Å².